The average molecular weight is 440 g/mol. The molecule has 1 aliphatic heterocycles. The van der Waals surface area contributed by atoms with Crippen molar-refractivity contribution in [3.8, 4) is 22.6 Å². The number of aromatic nitrogens is 1. The van der Waals surface area contributed by atoms with E-state index in [1.54, 1.807) is 26.2 Å². The first kappa shape index (κ1) is 21.0. The topological polar surface area (TPSA) is 60.9 Å². The van der Waals surface area contributed by atoms with Gasteiger partial charge in [-0.2, -0.15) is 0 Å². The first-order chi connectivity index (χ1) is 16.1. The van der Waals surface area contributed by atoms with Crippen LogP contribution in [0.15, 0.2) is 72.8 Å². The molecule has 0 N–H and O–H groups in total. The van der Waals surface area contributed by atoms with Crippen LogP contribution >= 0.6 is 0 Å². The maximum absolute atomic E-state index is 13.6. The van der Waals surface area contributed by atoms with E-state index in [1.165, 1.54) is 0 Å². The lowest BCUT2D eigenvalue weighted by molar-refractivity contribution is -0.0222. The lowest BCUT2D eigenvalue weighted by Gasteiger charge is -2.26. The van der Waals surface area contributed by atoms with Gasteiger partial charge in [-0.25, -0.2) is 4.98 Å². The van der Waals surface area contributed by atoms with Crippen LogP contribution in [0.5, 0.6) is 11.5 Å². The highest BCUT2D eigenvalue weighted by Gasteiger charge is 2.37. The second kappa shape index (κ2) is 8.56. The van der Waals surface area contributed by atoms with Gasteiger partial charge in [0.2, 0.25) is 0 Å². The molecule has 0 bridgehead atoms. The predicted octanol–water partition coefficient (Wildman–Crippen LogP) is 5.22. The van der Waals surface area contributed by atoms with E-state index < -0.39 is 6.23 Å². The van der Waals surface area contributed by atoms with Crippen molar-refractivity contribution in [1.82, 2.24) is 9.88 Å². The van der Waals surface area contributed by atoms with Gasteiger partial charge in [0, 0.05) is 23.6 Å². The molecule has 1 aliphatic rings. The molecular formula is C27H24N2O4. The van der Waals surface area contributed by atoms with Crippen LogP contribution in [0.2, 0.25) is 0 Å². The zero-order valence-corrected chi connectivity index (χ0v) is 18.7. The summed E-state index contributed by atoms with van der Waals surface area (Å²) in [7, 11) is 4.90. The Hall–Kier alpha value is -3.90. The molecule has 2 heterocycles. The molecule has 5 rings (SSSR count). The van der Waals surface area contributed by atoms with E-state index >= 15 is 0 Å². The molecule has 166 valence electrons. The Kier molecular flexibility index (Phi) is 5.44. The highest BCUT2D eigenvalue weighted by molar-refractivity contribution is 6.06. The van der Waals surface area contributed by atoms with Crippen LogP contribution in [0.3, 0.4) is 0 Å². The van der Waals surface area contributed by atoms with E-state index in [1.807, 2.05) is 72.8 Å². The maximum atomic E-state index is 13.6. The maximum Gasteiger partial charge on any atom is 0.275 e. The van der Waals surface area contributed by atoms with Gasteiger partial charge in [0.15, 0.2) is 6.23 Å². The molecule has 6 heteroatoms. The first-order valence-corrected chi connectivity index (χ1v) is 10.7. The number of carbonyl (C=O) groups excluding carboxylic acids is 1. The number of carbonyl (C=O) groups is 1. The number of amides is 1. The van der Waals surface area contributed by atoms with Crippen molar-refractivity contribution < 1.29 is 19.0 Å². The number of benzene rings is 3. The van der Waals surface area contributed by atoms with E-state index in [-0.39, 0.29) is 5.91 Å². The largest absolute Gasteiger partial charge is 0.497 e. The summed E-state index contributed by atoms with van der Waals surface area (Å²) in [6.45, 7) is 0.392. The van der Waals surface area contributed by atoms with E-state index in [9.17, 15) is 4.79 Å². The summed E-state index contributed by atoms with van der Waals surface area (Å²) >= 11 is 0. The normalized spacial score (nSPS) is 13.8. The lowest BCUT2D eigenvalue weighted by atomic mass is 9.95. The van der Waals surface area contributed by atoms with Gasteiger partial charge < -0.3 is 19.1 Å². The second-order valence-electron chi connectivity index (χ2n) is 7.86. The number of ether oxygens (including phenoxy) is 3. The molecule has 0 saturated carbocycles. The molecule has 0 radical (unpaired) electrons. The summed E-state index contributed by atoms with van der Waals surface area (Å²) in [6, 6.07) is 23.3. The first-order valence-electron chi connectivity index (χ1n) is 10.7. The third-order valence-corrected chi connectivity index (χ3v) is 6.05. The molecule has 33 heavy (non-hydrogen) atoms. The van der Waals surface area contributed by atoms with Crippen LogP contribution in [0.25, 0.3) is 22.0 Å². The van der Waals surface area contributed by atoms with Crippen LogP contribution in [-0.2, 0) is 11.3 Å². The Morgan fingerprint density at radius 2 is 1.58 bits per heavy atom. The van der Waals surface area contributed by atoms with Gasteiger partial charge in [-0.15, -0.1) is 0 Å². The van der Waals surface area contributed by atoms with Crippen LogP contribution in [0.1, 0.15) is 27.8 Å². The molecule has 0 spiro atoms. The Morgan fingerprint density at radius 1 is 0.879 bits per heavy atom. The van der Waals surface area contributed by atoms with Crippen molar-refractivity contribution in [2.75, 3.05) is 21.3 Å². The van der Waals surface area contributed by atoms with Crippen LogP contribution in [0, 0.1) is 0 Å². The summed E-state index contributed by atoms with van der Waals surface area (Å²) in [5.74, 6) is 1.36. The van der Waals surface area contributed by atoms with Crippen molar-refractivity contribution >= 4 is 16.8 Å². The van der Waals surface area contributed by atoms with E-state index in [0.717, 1.165) is 44.7 Å². The third kappa shape index (κ3) is 3.58. The van der Waals surface area contributed by atoms with Crippen molar-refractivity contribution in [2.24, 2.45) is 0 Å². The zero-order chi connectivity index (χ0) is 22.9. The summed E-state index contributed by atoms with van der Waals surface area (Å²) in [6.07, 6.45) is -0.505. The molecule has 1 amide bonds. The van der Waals surface area contributed by atoms with Gasteiger partial charge in [0.25, 0.3) is 5.91 Å². The van der Waals surface area contributed by atoms with Gasteiger partial charge in [0.05, 0.1) is 26.3 Å². The van der Waals surface area contributed by atoms with Gasteiger partial charge >= 0.3 is 0 Å². The van der Waals surface area contributed by atoms with Crippen molar-refractivity contribution in [3.05, 3.63) is 89.6 Å². The number of methoxy groups -OCH3 is 3. The number of pyridine rings is 1. The molecule has 3 aromatic carbocycles. The molecular weight excluding hydrogens is 416 g/mol. The zero-order valence-electron chi connectivity index (χ0n) is 18.7. The van der Waals surface area contributed by atoms with Gasteiger partial charge in [-0.05, 0) is 41.5 Å². The van der Waals surface area contributed by atoms with Crippen LogP contribution < -0.4 is 9.47 Å². The lowest BCUT2D eigenvalue weighted by Crippen LogP contribution is -2.30. The molecule has 1 aromatic heterocycles. The molecule has 4 aromatic rings. The van der Waals surface area contributed by atoms with Crippen LogP contribution in [0.4, 0.5) is 0 Å². The fourth-order valence-electron chi connectivity index (χ4n) is 4.46. The number of hydrogen-bond donors (Lipinski definition) is 0. The Balaban J connectivity index is 1.70. The van der Waals surface area contributed by atoms with Gasteiger partial charge in [-0.1, -0.05) is 42.5 Å². The average Bonchev–Trinajstić information content (AvgIpc) is 3.19. The molecule has 0 fully saturated rings. The Morgan fingerprint density at radius 3 is 2.24 bits per heavy atom. The SMILES string of the molecule is COc1ccc(-c2c3c(nc4ccc(OC)cc24)C(=O)N(C(OC)c2ccccc2)C3)cc1. The molecule has 0 aliphatic carbocycles. The number of fused-ring (bicyclic) bond motifs is 2. The van der Waals surface area contributed by atoms with E-state index in [2.05, 4.69) is 0 Å². The predicted molar refractivity (Wildman–Crippen MR) is 126 cm³/mol. The minimum absolute atomic E-state index is 0.145. The molecule has 0 saturated heterocycles. The van der Waals surface area contributed by atoms with Crippen molar-refractivity contribution in [2.45, 2.75) is 12.8 Å². The van der Waals surface area contributed by atoms with E-state index in [0.29, 0.717) is 12.2 Å². The summed E-state index contributed by atoms with van der Waals surface area (Å²) in [5.41, 5.74) is 4.94. The quantitative estimate of drug-likeness (QED) is 0.411. The summed E-state index contributed by atoms with van der Waals surface area (Å²) in [4.78, 5) is 20.1. The second-order valence-corrected chi connectivity index (χ2v) is 7.86. The van der Waals surface area contributed by atoms with Crippen LogP contribution in [-0.4, -0.2) is 37.1 Å². The highest BCUT2D eigenvalue weighted by atomic mass is 16.5. The highest BCUT2D eigenvalue weighted by Crippen LogP contribution is 2.41. The van der Waals surface area contributed by atoms with Gasteiger partial charge in [-0.3, -0.25) is 4.79 Å². The molecule has 1 atom stereocenters. The number of hydrogen-bond acceptors (Lipinski definition) is 5. The standard InChI is InChI=1S/C27H24N2O4/c1-31-19-11-9-17(10-12-19)24-21-15-20(32-2)13-14-23(21)28-25-22(24)16-29(26(25)30)27(33-3)18-7-5-4-6-8-18/h4-15,27H,16H2,1-3H3. The summed E-state index contributed by atoms with van der Waals surface area (Å²) < 4.78 is 16.6. The number of nitrogens with zero attached hydrogens (tertiary/aromatic N) is 2. The van der Waals surface area contributed by atoms with E-state index in [4.69, 9.17) is 19.2 Å². The smallest absolute Gasteiger partial charge is 0.275 e. The Bertz CT molecular complexity index is 1320. The Labute approximate surface area is 192 Å². The summed E-state index contributed by atoms with van der Waals surface area (Å²) in [5, 5.41) is 0.932. The fourth-order valence-corrected chi connectivity index (χ4v) is 4.46. The molecule has 1 unspecified atom stereocenters. The minimum Gasteiger partial charge on any atom is -0.497 e. The van der Waals surface area contributed by atoms with Gasteiger partial charge in [0.1, 0.15) is 17.2 Å². The van der Waals surface area contributed by atoms with Crippen molar-refractivity contribution in [3.63, 3.8) is 0 Å². The monoisotopic (exact) mass is 440 g/mol. The van der Waals surface area contributed by atoms with Crippen molar-refractivity contribution in [1.29, 1.82) is 0 Å². The minimum atomic E-state index is -0.505. The third-order valence-electron chi connectivity index (χ3n) is 6.05. The fraction of sp³-hybridized carbons (Fsp3) is 0.185. The number of rotatable bonds is 6. The molecule has 6 nitrogen and oxygen atoms in total.